The van der Waals surface area contributed by atoms with Crippen molar-refractivity contribution in [2.24, 2.45) is 10.3 Å². The van der Waals surface area contributed by atoms with E-state index in [1.807, 2.05) is 6.07 Å². The van der Waals surface area contributed by atoms with Crippen molar-refractivity contribution in [1.82, 2.24) is 0 Å². The maximum absolute atomic E-state index is 4.97. The summed E-state index contributed by atoms with van der Waals surface area (Å²) < 4.78 is 0. The predicted octanol–water partition coefficient (Wildman–Crippen LogP) is 11.6. The highest BCUT2D eigenvalue weighted by Gasteiger charge is 2.18. The van der Waals surface area contributed by atoms with Crippen LogP contribution in [0.4, 0.5) is 11.4 Å². The van der Waals surface area contributed by atoms with Crippen molar-refractivity contribution in [3.63, 3.8) is 0 Å². The molecular weight excluding hydrogens is 510 g/mol. The standard InChI is InChI=1S/C39H41N3/c1-23-17-26(4)36(27(5)18-23)32-13-10-11-16-35(32)40-42-41-39-33(37-28(6)19-24(2)20-29(37)7)14-12-15-34(39)38-30(8)21-25(3)22-31(38)9/h10-22H,1-9H3,(H,40,41). The first-order valence-electron chi connectivity index (χ1n) is 14.7. The molecule has 1 N–H and O–H groups in total. The minimum atomic E-state index is 0.871. The number of aryl methyl sites for hydroxylation is 9. The number of para-hydroxylation sites is 1. The Balaban J connectivity index is 1.67. The molecule has 0 atom stereocenters. The summed E-state index contributed by atoms with van der Waals surface area (Å²) >= 11 is 0. The molecule has 5 rings (SSSR count). The molecule has 3 nitrogen and oxygen atoms in total. The molecule has 0 saturated carbocycles. The lowest BCUT2D eigenvalue weighted by atomic mass is 9.87. The van der Waals surface area contributed by atoms with Gasteiger partial charge in [0.15, 0.2) is 0 Å². The van der Waals surface area contributed by atoms with Crippen LogP contribution in [0.15, 0.2) is 89.2 Å². The summed E-state index contributed by atoms with van der Waals surface area (Å²) in [5.74, 6) is 0. The molecule has 42 heavy (non-hydrogen) atoms. The van der Waals surface area contributed by atoms with Gasteiger partial charge in [0, 0.05) is 16.7 Å². The third kappa shape index (κ3) is 5.65. The van der Waals surface area contributed by atoms with Crippen LogP contribution in [0.2, 0.25) is 0 Å². The van der Waals surface area contributed by atoms with E-state index in [1.54, 1.807) is 0 Å². The van der Waals surface area contributed by atoms with Gasteiger partial charge in [-0.1, -0.05) is 94.7 Å². The summed E-state index contributed by atoms with van der Waals surface area (Å²) in [6.07, 6.45) is 0. The first-order valence-corrected chi connectivity index (χ1v) is 14.7. The number of anilines is 1. The second-order valence-electron chi connectivity index (χ2n) is 11.9. The average molecular weight is 552 g/mol. The van der Waals surface area contributed by atoms with E-state index >= 15 is 0 Å². The van der Waals surface area contributed by atoms with E-state index in [-0.39, 0.29) is 0 Å². The molecule has 5 aromatic carbocycles. The smallest absolute Gasteiger partial charge is 0.103 e. The van der Waals surface area contributed by atoms with Crippen molar-refractivity contribution in [2.75, 3.05) is 5.43 Å². The SMILES string of the molecule is Cc1cc(C)c(-c2ccccc2NN=Nc2c(-c3c(C)cc(C)cc3C)cccc2-c2c(C)cc(C)cc2C)c(C)c1. The molecule has 3 heteroatoms. The van der Waals surface area contributed by atoms with Gasteiger partial charge in [0.25, 0.3) is 0 Å². The third-order valence-electron chi connectivity index (χ3n) is 8.12. The molecule has 0 heterocycles. The Kier molecular flexibility index (Phi) is 8.13. The first kappa shape index (κ1) is 29.0. The van der Waals surface area contributed by atoms with Crippen LogP contribution in [0, 0.1) is 62.3 Å². The molecular formula is C39H41N3. The van der Waals surface area contributed by atoms with Gasteiger partial charge in [-0.3, -0.25) is 5.43 Å². The fraction of sp³-hybridized carbons (Fsp3) is 0.231. The number of benzene rings is 5. The molecule has 0 spiro atoms. The first-order chi connectivity index (χ1) is 20.0. The number of hydrogen-bond donors (Lipinski definition) is 1. The van der Waals surface area contributed by atoms with Crippen LogP contribution in [0.1, 0.15) is 50.1 Å². The minimum Gasteiger partial charge on any atom is -0.259 e. The van der Waals surface area contributed by atoms with Crippen LogP contribution in [0.5, 0.6) is 0 Å². The zero-order valence-corrected chi connectivity index (χ0v) is 26.4. The Bertz CT molecular complexity index is 1700. The molecule has 5 aromatic rings. The molecule has 0 radical (unpaired) electrons. The van der Waals surface area contributed by atoms with Gasteiger partial charge in [-0.25, -0.2) is 0 Å². The van der Waals surface area contributed by atoms with Crippen molar-refractivity contribution in [3.05, 3.63) is 129 Å². The number of hydrogen-bond acceptors (Lipinski definition) is 2. The lowest BCUT2D eigenvalue weighted by molar-refractivity contribution is 1.13. The molecule has 0 bridgehead atoms. The lowest BCUT2D eigenvalue weighted by Crippen LogP contribution is -1.96. The summed E-state index contributed by atoms with van der Waals surface area (Å²) in [7, 11) is 0. The van der Waals surface area contributed by atoms with Gasteiger partial charge < -0.3 is 0 Å². The van der Waals surface area contributed by atoms with Crippen molar-refractivity contribution in [3.8, 4) is 33.4 Å². The number of rotatable bonds is 6. The highest BCUT2D eigenvalue weighted by Crippen LogP contribution is 2.44. The maximum atomic E-state index is 4.97. The lowest BCUT2D eigenvalue weighted by Gasteiger charge is -2.19. The van der Waals surface area contributed by atoms with Crippen molar-refractivity contribution in [1.29, 1.82) is 0 Å². The second kappa shape index (κ2) is 11.8. The van der Waals surface area contributed by atoms with Gasteiger partial charge in [0.1, 0.15) is 5.69 Å². The quantitative estimate of drug-likeness (QED) is 0.165. The van der Waals surface area contributed by atoms with Crippen LogP contribution < -0.4 is 5.43 Å². The second-order valence-corrected chi connectivity index (χ2v) is 11.9. The van der Waals surface area contributed by atoms with Crippen LogP contribution in [-0.4, -0.2) is 0 Å². The zero-order valence-electron chi connectivity index (χ0n) is 26.4. The summed E-state index contributed by atoms with van der Waals surface area (Å²) in [6, 6.07) is 28.3. The topological polar surface area (TPSA) is 36.8 Å². The molecule has 0 aromatic heterocycles. The largest absolute Gasteiger partial charge is 0.259 e. The van der Waals surface area contributed by atoms with Crippen molar-refractivity contribution in [2.45, 2.75) is 62.3 Å². The van der Waals surface area contributed by atoms with Gasteiger partial charge in [0.2, 0.25) is 0 Å². The van der Waals surface area contributed by atoms with Crippen molar-refractivity contribution < 1.29 is 0 Å². The number of nitrogens with zero attached hydrogens (tertiary/aromatic N) is 2. The third-order valence-corrected chi connectivity index (χ3v) is 8.12. The van der Waals surface area contributed by atoms with E-state index in [2.05, 4.69) is 146 Å². The Morgan fingerprint density at radius 2 is 0.786 bits per heavy atom. The highest BCUT2D eigenvalue weighted by atomic mass is 15.4. The summed E-state index contributed by atoms with van der Waals surface area (Å²) in [4.78, 5) is 0. The molecule has 0 aliphatic rings. The van der Waals surface area contributed by atoms with E-state index in [0.29, 0.717) is 0 Å². The van der Waals surface area contributed by atoms with Gasteiger partial charge in [-0.15, -0.1) is 5.11 Å². The van der Waals surface area contributed by atoms with Gasteiger partial charge in [0.05, 0.1) is 5.69 Å². The molecule has 0 aliphatic carbocycles. The van der Waals surface area contributed by atoms with Gasteiger partial charge in [-0.2, -0.15) is 0 Å². The van der Waals surface area contributed by atoms with Gasteiger partial charge in [-0.05, 0) is 118 Å². The summed E-state index contributed by atoms with van der Waals surface area (Å²) in [5, 5.41) is 9.65. The Hall–Kier alpha value is -4.50. The Labute approximate surface area is 251 Å². The van der Waals surface area contributed by atoms with Crippen LogP contribution in [-0.2, 0) is 0 Å². The highest BCUT2D eigenvalue weighted by molar-refractivity contribution is 5.92. The van der Waals surface area contributed by atoms with Crippen molar-refractivity contribution >= 4 is 11.4 Å². The van der Waals surface area contributed by atoms with Crippen LogP contribution in [0.25, 0.3) is 33.4 Å². The molecule has 0 aliphatic heterocycles. The minimum absolute atomic E-state index is 0.871. The summed E-state index contributed by atoms with van der Waals surface area (Å²) in [6.45, 7) is 19.5. The van der Waals surface area contributed by atoms with E-state index < -0.39 is 0 Å². The molecule has 0 unspecified atom stereocenters. The van der Waals surface area contributed by atoms with E-state index in [4.69, 9.17) is 5.11 Å². The van der Waals surface area contributed by atoms with Crippen LogP contribution in [0.3, 0.4) is 0 Å². The van der Waals surface area contributed by atoms with E-state index in [1.165, 1.54) is 66.8 Å². The Morgan fingerprint density at radius 3 is 1.21 bits per heavy atom. The number of nitrogens with one attached hydrogen (secondary N) is 1. The molecule has 212 valence electrons. The molecule has 0 amide bonds. The monoisotopic (exact) mass is 551 g/mol. The molecule has 0 saturated heterocycles. The van der Waals surface area contributed by atoms with Gasteiger partial charge >= 0.3 is 0 Å². The summed E-state index contributed by atoms with van der Waals surface area (Å²) in [5.41, 5.74) is 23.3. The van der Waals surface area contributed by atoms with Crippen LogP contribution >= 0.6 is 0 Å². The normalized spacial score (nSPS) is 11.4. The van der Waals surface area contributed by atoms with E-state index in [0.717, 1.165) is 28.1 Å². The Morgan fingerprint density at radius 1 is 0.429 bits per heavy atom. The fourth-order valence-electron chi connectivity index (χ4n) is 6.80. The molecule has 0 fully saturated rings. The maximum Gasteiger partial charge on any atom is 0.103 e. The fourth-order valence-corrected chi connectivity index (χ4v) is 6.80. The predicted molar refractivity (Wildman–Crippen MR) is 180 cm³/mol. The zero-order chi connectivity index (χ0) is 30.1. The van der Waals surface area contributed by atoms with E-state index in [9.17, 15) is 0 Å². The average Bonchev–Trinajstić information content (AvgIpc) is 2.89.